The molecule has 0 fully saturated rings. The number of carbonyl (C=O) groups is 1. The van der Waals surface area contributed by atoms with E-state index in [2.05, 4.69) is 10.2 Å². The topological polar surface area (TPSA) is 60.2 Å². The van der Waals surface area contributed by atoms with E-state index >= 15 is 0 Å². The molecule has 27 heavy (non-hydrogen) atoms. The summed E-state index contributed by atoms with van der Waals surface area (Å²) in [5.74, 6) is -0.217. The van der Waals surface area contributed by atoms with Crippen LogP contribution in [0.4, 0.5) is 8.78 Å². The van der Waals surface area contributed by atoms with Gasteiger partial charge in [0.15, 0.2) is 5.82 Å². The first-order valence-corrected chi connectivity index (χ1v) is 9.10. The minimum Gasteiger partial charge on any atom is -0.486 e. The van der Waals surface area contributed by atoms with Crippen molar-refractivity contribution in [3.63, 3.8) is 0 Å². The van der Waals surface area contributed by atoms with Crippen LogP contribution < -0.4 is 9.75 Å². The molecule has 4 rings (SSSR count). The number of halogens is 2. The Morgan fingerprint density at radius 3 is 2.74 bits per heavy atom. The zero-order valence-electron chi connectivity index (χ0n) is 14.0. The van der Waals surface area contributed by atoms with Gasteiger partial charge in [-0.3, -0.25) is 4.79 Å². The second-order valence-corrected chi connectivity index (χ2v) is 6.73. The Kier molecular flexibility index (Phi) is 4.76. The van der Waals surface area contributed by atoms with E-state index < -0.39 is 11.6 Å². The zero-order valence-corrected chi connectivity index (χ0v) is 14.8. The minimum atomic E-state index is -0.584. The number of hydrogen-bond acceptors (Lipinski definition) is 5. The van der Waals surface area contributed by atoms with Crippen molar-refractivity contribution in [2.75, 3.05) is 10.8 Å². The summed E-state index contributed by atoms with van der Waals surface area (Å²) in [7, 11) is 0. The number of aromatic nitrogens is 3. The van der Waals surface area contributed by atoms with E-state index in [9.17, 15) is 13.6 Å². The van der Waals surface area contributed by atoms with Gasteiger partial charge in [0.25, 0.3) is 5.91 Å². The number of carbonyl (C=O) groups excluding carboxylic acids is 1. The lowest BCUT2D eigenvalue weighted by Gasteiger charge is -2.29. The third-order valence-electron chi connectivity index (χ3n) is 3.97. The molecular formula is C18H14F2N4O2S. The molecule has 0 bridgehead atoms. The summed E-state index contributed by atoms with van der Waals surface area (Å²) in [6.45, 7) is -0.0562. The van der Waals surface area contributed by atoms with Crippen molar-refractivity contribution >= 4 is 17.7 Å². The molecule has 1 aliphatic rings. The monoisotopic (exact) mass is 388 g/mol. The molecule has 1 aliphatic heterocycles. The number of para-hydroxylation sites is 1. The Bertz CT molecular complexity index is 981. The van der Waals surface area contributed by atoms with Gasteiger partial charge in [-0.25, -0.2) is 18.5 Å². The van der Waals surface area contributed by atoms with Crippen LogP contribution in [0.3, 0.4) is 0 Å². The highest BCUT2D eigenvalue weighted by atomic mass is 32.2. The van der Waals surface area contributed by atoms with Gasteiger partial charge in [0.05, 0.1) is 12.3 Å². The third-order valence-corrected chi connectivity index (χ3v) is 4.87. The van der Waals surface area contributed by atoms with Gasteiger partial charge in [0, 0.05) is 5.56 Å². The SMILES string of the molecule is O=C1CSc2nnc(COc3ccccc3)n2N1Cc1cc(F)ccc1F. The van der Waals surface area contributed by atoms with Gasteiger partial charge in [-0.05, 0) is 30.3 Å². The van der Waals surface area contributed by atoms with Crippen molar-refractivity contribution in [3.8, 4) is 5.75 Å². The number of thioether (sulfide) groups is 1. The van der Waals surface area contributed by atoms with Crippen LogP contribution in [0, 0.1) is 11.6 Å². The Hall–Kier alpha value is -2.94. The van der Waals surface area contributed by atoms with E-state index in [1.807, 2.05) is 18.2 Å². The molecule has 138 valence electrons. The number of nitrogens with zero attached hydrogens (tertiary/aromatic N) is 4. The van der Waals surface area contributed by atoms with Crippen molar-refractivity contribution in [1.29, 1.82) is 0 Å². The first-order chi connectivity index (χ1) is 13.1. The Balaban J connectivity index is 1.62. The normalized spacial score (nSPS) is 13.6. The molecule has 2 heterocycles. The van der Waals surface area contributed by atoms with Gasteiger partial charge in [-0.15, -0.1) is 10.2 Å². The molecular weight excluding hydrogens is 374 g/mol. The quantitative estimate of drug-likeness (QED) is 0.673. The van der Waals surface area contributed by atoms with Crippen LogP contribution in [-0.4, -0.2) is 26.5 Å². The van der Waals surface area contributed by atoms with Crippen LogP contribution in [0.5, 0.6) is 5.75 Å². The summed E-state index contributed by atoms with van der Waals surface area (Å²) >= 11 is 1.24. The van der Waals surface area contributed by atoms with Crippen molar-refractivity contribution < 1.29 is 18.3 Å². The zero-order chi connectivity index (χ0) is 18.8. The van der Waals surface area contributed by atoms with Crippen molar-refractivity contribution in [1.82, 2.24) is 14.9 Å². The predicted molar refractivity (Wildman–Crippen MR) is 94.8 cm³/mol. The molecule has 9 heteroatoms. The highest BCUT2D eigenvalue weighted by Crippen LogP contribution is 2.25. The largest absolute Gasteiger partial charge is 0.486 e. The van der Waals surface area contributed by atoms with Crippen LogP contribution in [-0.2, 0) is 17.9 Å². The summed E-state index contributed by atoms with van der Waals surface area (Å²) in [5.41, 5.74) is 0.0739. The van der Waals surface area contributed by atoms with E-state index in [0.29, 0.717) is 16.7 Å². The molecule has 0 radical (unpaired) electrons. The fourth-order valence-corrected chi connectivity index (χ4v) is 3.51. The number of ether oxygens (including phenoxy) is 1. The summed E-state index contributed by atoms with van der Waals surface area (Å²) in [5, 5.41) is 9.97. The van der Waals surface area contributed by atoms with Gasteiger partial charge in [-0.2, -0.15) is 0 Å². The second-order valence-electron chi connectivity index (χ2n) is 5.79. The molecule has 0 aliphatic carbocycles. The molecule has 0 saturated carbocycles. The smallest absolute Gasteiger partial charge is 0.252 e. The lowest BCUT2D eigenvalue weighted by atomic mass is 10.2. The highest BCUT2D eigenvalue weighted by molar-refractivity contribution is 7.99. The number of fused-ring (bicyclic) bond motifs is 1. The third kappa shape index (κ3) is 3.63. The number of amides is 1. The fraction of sp³-hybridized carbons (Fsp3) is 0.167. The molecule has 6 nitrogen and oxygen atoms in total. The van der Waals surface area contributed by atoms with Gasteiger partial charge in [-0.1, -0.05) is 30.0 Å². The Labute approximate surface area is 157 Å². The van der Waals surface area contributed by atoms with Crippen LogP contribution in [0.1, 0.15) is 11.4 Å². The van der Waals surface area contributed by atoms with Gasteiger partial charge in [0.1, 0.15) is 24.0 Å². The van der Waals surface area contributed by atoms with Crippen LogP contribution in [0.25, 0.3) is 0 Å². The standard InChI is InChI=1S/C18H14F2N4O2S/c19-13-6-7-15(20)12(8-13)9-23-17(25)11-27-18-22-21-16(24(18)23)10-26-14-4-2-1-3-5-14/h1-8H,9-11H2. The van der Waals surface area contributed by atoms with E-state index in [1.54, 1.807) is 12.1 Å². The van der Waals surface area contributed by atoms with Gasteiger partial charge >= 0.3 is 0 Å². The lowest BCUT2D eigenvalue weighted by Crippen LogP contribution is -2.45. The van der Waals surface area contributed by atoms with Gasteiger partial charge in [0.2, 0.25) is 5.16 Å². The van der Waals surface area contributed by atoms with E-state index in [0.717, 1.165) is 18.2 Å². The lowest BCUT2D eigenvalue weighted by molar-refractivity contribution is -0.118. The average molecular weight is 388 g/mol. The average Bonchev–Trinajstić information content (AvgIpc) is 3.09. The predicted octanol–water partition coefficient (Wildman–Crippen LogP) is 2.91. The van der Waals surface area contributed by atoms with Crippen molar-refractivity contribution in [2.24, 2.45) is 0 Å². The minimum absolute atomic E-state index is 0.0739. The first kappa shape index (κ1) is 17.5. The molecule has 0 N–H and O–H groups in total. The van der Waals surface area contributed by atoms with Crippen molar-refractivity contribution in [3.05, 3.63) is 71.6 Å². The maximum atomic E-state index is 14.0. The number of benzene rings is 2. The summed E-state index contributed by atoms with van der Waals surface area (Å²) in [6, 6.07) is 12.3. The molecule has 3 aromatic rings. The molecule has 1 aromatic heterocycles. The number of rotatable bonds is 5. The molecule has 0 unspecified atom stereocenters. The molecule has 1 amide bonds. The van der Waals surface area contributed by atoms with E-state index in [1.165, 1.54) is 21.4 Å². The number of hydrogen-bond donors (Lipinski definition) is 0. The molecule has 2 aromatic carbocycles. The second kappa shape index (κ2) is 7.36. The van der Waals surface area contributed by atoms with Crippen LogP contribution in [0.2, 0.25) is 0 Å². The van der Waals surface area contributed by atoms with Crippen LogP contribution >= 0.6 is 11.8 Å². The van der Waals surface area contributed by atoms with Crippen molar-refractivity contribution in [2.45, 2.75) is 18.3 Å². The Morgan fingerprint density at radius 2 is 1.93 bits per heavy atom. The molecule has 0 spiro atoms. The molecule has 0 saturated heterocycles. The van der Waals surface area contributed by atoms with E-state index in [4.69, 9.17) is 4.74 Å². The highest BCUT2D eigenvalue weighted by Gasteiger charge is 2.30. The summed E-state index contributed by atoms with van der Waals surface area (Å²) in [4.78, 5) is 12.5. The molecule has 0 atom stereocenters. The first-order valence-electron chi connectivity index (χ1n) is 8.11. The Morgan fingerprint density at radius 1 is 1.11 bits per heavy atom. The summed E-state index contributed by atoms with van der Waals surface area (Å²) < 4.78 is 34.7. The van der Waals surface area contributed by atoms with Crippen LogP contribution in [0.15, 0.2) is 53.7 Å². The van der Waals surface area contributed by atoms with Gasteiger partial charge < -0.3 is 4.74 Å². The maximum Gasteiger partial charge on any atom is 0.252 e. The summed E-state index contributed by atoms with van der Waals surface area (Å²) in [6.07, 6.45) is 0. The van der Waals surface area contributed by atoms with E-state index in [-0.39, 0.29) is 30.4 Å². The maximum absolute atomic E-state index is 14.0. The fourth-order valence-electron chi connectivity index (χ4n) is 2.68.